The van der Waals surface area contributed by atoms with E-state index in [9.17, 15) is 4.79 Å². The van der Waals surface area contributed by atoms with Gasteiger partial charge in [-0.15, -0.1) is 0 Å². The van der Waals surface area contributed by atoms with Crippen molar-refractivity contribution in [1.29, 1.82) is 0 Å². The molecule has 3 aliphatic rings. The van der Waals surface area contributed by atoms with Gasteiger partial charge in [-0.3, -0.25) is 0 Å². The zero-order valence-corrected chi connectivity index (χ0v) is 26.4. The van der Waals surface area contributed by atoms with Crippen LogP contribution in [0.2, 0.25) is 0 Å². The third kappa shape index (κ3) is 6.37. The molecule has 1 aromatic heterocycles. The number of rotatable bonds is 6. The molecule has 0 radical (unpaired) electrons. The van der Waals surface area contributed by atoms with Gasteiger partial charge in [0, 0.05) is 55.4 Å². The summed E-state index contributed by atoms with van der Waals surface area (Å²) in [4.78, 5) is 31.7. The molecule has 1 amide bonds. The minimum absolute atomic E-state index is 0.251. The molecule has 9 heteroatoms. The first kappa shape index (κ1) is 29.5. The number of anilines is 2. The molecule has 0 unspecified atom stereocenters. The van der Waals surface area contributed by atoms with Crippen molar-refractivity contribution < 1.29 is 14.3 Å². The van der Waals surface area contributed by atoms with Gasteiger partial charge in [0.15, 0.2) is 0 Å². The minimum Gasteiger partial charge on any atom is -0.462 e. The van der Waals surface area contributed by atoms with Gasteiger partial charge < -0.3 is 29.1 Å². The molecule has 0 N–H and O–H groups in total. The van der Waals surface area contributed by atoms with Crippen molar-refractivity contribution in [1.82, 2.24) is 19.8 Å². The molecule has 0 spiro atoms. The molecule has 43 heavy (non-hydrogen) atoms. The largest absolute Gasteiger partial charge is 0.462 e. The molecule has 4 heterocycles. The Hall–Kier alpha value is -3.59. The summed E-state index contributed by atoms with van der Waals surface area (Å²) < 4.78 is 12.0. The Morgan fingerprint density at radius 3 is 2.44 bits per heavy atom. The Balaban J connectivity index is 1.28. The first-order valence-corrected chi connectivity index (χ1v) is 15.9. The van der Waals surface area contributed by atoms with E-state index in [-0.39, 0.29) is 6.09 Å². The van der Waals surface area contributed by atoms with Crippen molar-refractivity contribution in [3.05, 3.63) is 53.2 Å². The number of amides is 1. The van der Waals surface area contributed by atoms with Crippen LogP contribution in [0.5, 0.6) is 6.01 Å². The highest BCUT2D eigenvalue weighted by Crippen LogP contribution is 2.36. The number of ether oxygens (including phenoxy) is 2. The second-order valence-corrected chi connectivity index (χ2v) is 13.1. The van der Waals surface area contributed by atoms with Crippen LogP contribution < -0.4 is 14.5 Å². The van der Waals surface area contributed by atoms with E-state index in [0.717, 1.165) is 43.9 Å². The van der Waals surface area contributed by atoms with Crippen molar-refractivity contribution in [3.8, 4) is 6.01 Å². The summed E-state index contributed by atoms with van der Waals surface area (Å²) in [5.41, 5.74) is 4.36. The number of carbonyl (C=O) groups is 1. The maximum absolute atomic E-state index is 12.7. The molecule has 9 nitrogen and oxygen atoms in total. The molecule has 230 valence electrons. The van der Waals surface area contributed by atoms with Crippen LogP contribution in [0.25, 0.3) is 10.8 Å². The average Bonchev–Trinajstić information content (AvgIpc) is 3.42. The Labute approximate surface area is 255 Å². The quantitative estimate of drug-likeness (QED) is 0.386. The van der Waals surface area contributed by atoms with Crippen molar-refractivity contribution >= 4 is 28.4 Å². The number of nitrogens with zero attached hydrogens (tertiary/aromatic N) is 6. The molecule has 0 bridgehead atoms. The van der Waals surface area contributed by atoms with E-state index in [1.807, 2.05) is 20.8 Å². The SMILES string of the molecule is CCc1cccc2cccc(N3CCc4c(nc(OC[C@@H]5CCCN5C)nc4N4CCN(C(=O)OC(C)(C)C)CC4)C3)c12. The van der Waals surface area contributed by atoms with Gasteiger partial charge in [-0.1, -0.05) is 37.3 Å². The first-order valence-electron chi connectivity index (χ1n) is 15.9. The average molecular weight is 587 g/mol. The number of hydrogen-bond donors (Lipinski definition) is 0. The Bertz CT molecular complexity index is 1460. The van der Waals surface area contributed by atoms with Crippen LogP contribution in [0.15, 0.2) is 36.4 Å². The van der Waals surface area contributed by atoms with Crippen molar-refractivity contribution in [2.75, 3.05) is 62.7 Å². The van der Waals surface area contributed by atoms with Crippen LogP contribution in [0.4, 0.5) is 16.3 Å². The second kappa shape index (κ2) is 12.2. The van der Waals surface area contributed by atoms with Crippen LogP contribution in [0.3, 0.4) is 0 Å². The van der Waals surface area contributed by atoms with Crippen LogP contribution in [-0.4, -0.2) is 90.4 Å². The molecule has 0 aliphatic carbocycles. The molecule has 0 saturated carbocycles. The van der Waals surface area contributed by atoms with Gasteiger partial charge in [0.05, 0.1) is 12.2 Å². The minimum atomic E-state index is -0.507. The number of likely N-dealkylation sites (tertiary alicyclic amines) is 1. The van der Waals surface area contributed by atoms with Crippen molar-refractivity contribution in [3.63, 3.8) is 0 Å². The van der Waals surface area contributed by atoms with E-state index in [1.54, 1.807) is 4.90 Å². The number of aromatic nitrogens is 2. The van der Waals surface area contributed by atoms with E-state index in [1.165, 1.54) is 34.0 Å². The summed E-state index contributed by atoms with van der Waals surface area (Å²) in [7, 11) is 2.16. The van der Waals surface area contributed by atoms with Crippen molar-refractivity contribution in [2.45, 2.75) is 71.6 Å². The fourth-order valence-electron chi connectivity index (χ4n) is 6.66. The number of carbonyl (C=O) groups excluding carboxylic acids is 1. The standard InChI is InChI=1S/C34H46N6O3/c1-6-24-10-7-11-25-12-8-14-29(30(24)25)40-17-15-27-28(22-40)35-32(42-23-26-13-9-16-37(26)5)36-31(27)38-18-20-39(21-19-38)33(41)43-34(2,3)4/h7-8,10-12,14,26H,6,9,13,15-23H2,1-5H3/t26-/m0/s1. The summed E-state index contributed by atoms with van der Waals surface area (Å²) in [5.74, 6) is 0.954. The highest BCUT2D eigenvalue weighted by atomic mass is 16.6. The van der Waals surface area contributed by atoms with Crippen LogP contribution in [0, 0.1) is 0 Å². The molecule has 6 rings (SSSR count). The number of piperazine rings is 1. The van der Waals surface area contributed by atoms with Crippen LogP contribution in [-0.2, 0) is 24.1 Å². The monoisotopic (exact) mass is 586 g/mol. The Morgan fingerprint density at radius 1 is 0.977 bits per heavy atom. The topological polar surface area (TPSA) is 74.3 Å². The zero-order valence-electron chi connectivity index (χ0n) is 26.4. The Morgan fingerprint density at radius 2 is 1.74 bits per heavy atom. The number of likely N-dealkylation sites (N-methyl/N-ethyl adjacent to an activating group) is 1. The second-order valence-electron chi connectivity index (χ2n) is 13.1. The van der Waals surface area contributed by atoms with Gasteiger partial charge in [0.25, 0.3) is 0 Å². The van der Waals surface area contributed by atoms with E-state index >= 15 is 0 Å². The lowest BCUT2D eigenvalue weighted by Gasteiger charge is -2.38. The number of fused-ring (bicyclic) bond motifs is 2. The number of aryl methyl sites for hydroxylation is 1. The maximum Gasteiger partial charge on any atom is 0.410 e. The van der Waals surface area contributed by atoms with Gasteiger partial charge in [-0.05, 0) is 77.1 Å². The summed E-state index contributed by atoms with van der Waals surface area (Å²) in [6.45, 7) is 13.8. The predicted molar refractivity (Wildman–Crippen MR) is 171 cm³/mol. The molecule has 2 fully saturated rings. The third-order valence-electron chi connectivity index (χ3n) is 9.02. The van der Waals surface area contributed by atoms with Gasteiger partial charge in [-0.25, -0.2) is 4.79 Å². The van der Waals surface area contributed by atoms with Crippen LogP contribution in [0.1, 0.15) is 57.4 Å². The summed E-state index contributed by atoms with van der Waals surface area (Å²) in [6, 6.07) is 14.1. The van der Waals surface area contributed by atoms with Gasteiger partial charge in [0.2, 0.25) is 0 Å². The fraction of sp³-hybridized carbons (Fsp3) is 0.559. The van der Waals surface area contributed by atoms with Gasteiger partial charge >= 0.3 is 12.1 Å². The molecule has 3 aliphatic heterocycles. The fourth-order valence-corrected chi connectivity index (χ4v) is 6.66. The van der Waals surface area contributed by atoms with E-state index in [2.05, 4.69) is 65.1 Å². The third-order valence-corrected chi connectivity index (χ3v) is 9.02. The predicted octanol–water partition coefficient (Wildman–Crippen LogP) is 5.29. The van der Waals surface area contributed by atoms with E-state index < -0.39 is 5.60 Å². The highest BCUT2D eigenvalue weighted by Gasteiger charge is 2.31. The van der Waals surface area contributed by atoms with Gasteiger partial charge in [0.1, 0.15) is 18.0 Å². The summed E-state index contributed by atoms with van der Waals surface area (Å²) in [5, 5.41) is 2.61. The van der Waals surface area contributed by atoms with Gasteiger partial charge in [-0.2, -0.15) is 9.97 Å². The molecule has 3 aromatic rings. The Kier molecular flexibility index (Phi) is 8.36. The summed E-state index contributed by atoms with van der Waals surface area (Å²) in [6.07, 6.45) is 3.93. The van der Waals surface area contributed by atoms with Crippen molar-refractivity contribution in [2.24, 2.45) is 0 Å². The molecule has 2 saturated heterocycles. The highest BCUT2D eigenvalue weighted by molar-refractivity contribution is 5.97. The zero-order chi connectivity index (χ0) is 30.1. The molecule has 2 aromatic carbocycles. The smallest absolute Gasteiger partial charge is 0.410 e. The summed E-state index contributed by atoms with van der Waals surface area (Å²) >= 11 is 0. The van der Waals surface area contributed by atoms with E-state index in [0.29, 0.717) is 51.4 Å². The van der Waals surface area contributed by atoms with Crippen LogP contribution >= 0.6 is 0 Å². The molecule has 1 atom stereocenters. The molecular weight excluding hydrogens is 540 g/mol. The lowest BCUT2D eigenvalue weighted by Crippen LogP contribution is -2.50. The van der Waals surface area contributed by atoms with E-state index in [4.69, 9.17) is 19.4 Å². The maximum atomic E-state index is 12.7. The number of hydrogen-bond acceptors (Lipinski definition) is 8. The molecular formula is C34H46N6O3. The normalized spacial score (nSPS) is 19.6. The lowest BCUT2D eigenvalue weighted by molar-refractivity contribution is 0.0240. The lowest BCUT2D eigenvalue weighted by atomic mass is 9.98. The number of benzene rings is 2. The first-order chi connectivity index (χ1) is 20.7.